The number of sulfonamides is 1. The molecule has 1 saturated carbocycles. The summed E-state index contributed by atoms with van der Waals surface area (Å²) in [7, 11) is -1.90. The number of methoxy groups -OCH3 is 1. The van der Waals surface area contributed by atoms with E-state index in [0.29, 0.717) is 12.8 Å². The number of nitrogens with one attached hydrogen (secondary N) is 1. The molecule has 0 heterocycles. The molecular formula is C10H22N2O5S. The number of hydrogen-bond donors (Lipinski definition) is 3. The van der Waals surface area contributed by atoms with Gasteiger partial charge in [-0.05, 0) is 33.6 Å². The number of amides is 1. The molecule has 0 spiro atoms. The maximum atomic E-state index is 10.8. The molecule has 0 radical (unpaired) electrons. The summed E-state index contributed by atoms with van der Waals surface area (Å²) in [6, 6.07) is 0. The van der Waals surface area contributed by atoms with Gasteiger partial charge in [0.25, 0.3) is 0 Å². The lowest BCUT2D eigenvalue weighted by Crippen LogP contribution is -2.39. The van der Waals surface area contributed by atoms with Crippen molar-refractivity contribution in [1.82, 2.24) is 5.32 Å². The molecule has 8 heteroatoms. The Morgan fingerprint density at radius 3 is 1.94 bits per heavy atom. The smallest absolute Gasteiger partial charge is 0.405 e. The van der Waals surface area contributed by atoms with Gasteiger partial charge in [-0.2, -0.15) is 0 Å². The van der Waals surface area contributed by atoms with Crippen molar-refractivity contribution in [3.63, 3.8) is 0 Å². The summed E-state index contributed by atoms with van der Waals surface area (Å²) in [5, 5.41) is 15.4. The summed E-state index contributed by atoms with van der Waals surface area (Å²) in [6.07, 6.45) is 0.303. The van der Waals surface area contributed by atoms with Crippen LogP contribution in [0.1, 0.15) is 33.6 Å². The Bertz CT molecular complexity index is 382. The van der Waals surface area contributed by atoms with Crippen LogP contribution < -0.4 is 10.5 Å². The van der Waals surface area contributed by atoms with E-state index in [-0.39, 0.29) is 12.1 Å². The fourth-order valence-electron chi connectivity index (χ4n) is 1.23. The van der Waals surface area contributed by atoms with E-state index in [1.807, 2.05) is 0 Å². The highest BCUT2D eigenvalue weighted by molar-refractivity contribution is 7.90. The number of primary sulfonamides is 1. The highest BCUT2D eigenvalue weighted by Crippen LogP contribution is 2.41. The van der Waals surface area contributed by atoms with Crippen molar-refractivity contribution in [3.8, 4) is 0 Å². The molecule has 7 nitrogen and oxygen atoms in total. The quantitative estimate of drug-likeness (QED) is 0.696. The number of hydrogen-bond acceptors (Lipinski definition) is 4. The second kappa shape index (κ2) is 5.85. The fraction of sp³-hybridized carbons (Fsp3) is 0.900. The van der Waals surface area contributed by atoms with E-state index in [1.165, 1.54) is 7.11 Å². The van der Waals surface area contributed by atoms with E-state index < -0.39 is 20.9 Å². The molecule has 4 N–H and O–H groups in total. The van der Waals surface area contributed by atoms with Crippen molar-refractivity contribution < 1.29 is 23.1 Å². The van der Waals surface area contributed by atoms with Gasteiger partial charge in [-0.15, -0.1) is 0 Å². The van der Waals surface area contributed by atoms with E-state index in [1.54, 1.807) is 20.8 Å². The first-order chi connectivity index (χ1) is 7.93. The zero-order valence-corrected chi connectivity index (χ0v) is 12.0. The number of ether oxygens (including phenoxy) is 1. The predicted octanol–water partition coefficient (Wildman–Crippen LogP) is 0.506. The lowest BCUT2D eigenvalue weighted by molar-refractivity contribution is 0.184. The van der Waals surface area contributed by atoms with Crippen LogP contribution in [0.2, 0.25) is 0 Å². The lowest BCUT2D eigenvalue weighted by atomic mass is 10.1. The third-order valence-corrected chi connectivity index (χ3v) is 4.03. The zero-order chi connectivity index (χ0) is 14.6. The molecule has 18 heavy (non-hydrogen) atoms. The van der Waals surface area contributed by atoms with E-state index in [2.05, 4.69) is 5.32 Å². The van der Waals surface area contributed by atoms with Crippen molar-refractivity contribution in [2.24, 2.45) is 5.14 Å². The first-order valence-electron chi connectivity index (χ1n) is 5.46. The SMILES string of the molecule is CC(C)(C)NC(=O)O.COCC1(S(N)(=O)=O)CC1. The van der Waals surface area contributed by atoms with Crippen molar-refractivity contribution in [3.05, 3.63) is 0 Å². The Kier molecular flexibility index (Phi) is 5.57. The van der Waals surface area contributed by atoms with Crippen molar-refractivity contribution in [2.75, 3.05) is 13.7 Å². The van der Waals surface area contributed by atoms with Crippen molar-refractivity contribution in [2.45, 2.75) is 43.9 Å². The molecular weight excluding hydrogens is 260 g/mol. The molecule has 0 aromatic carbocycles. The molecule has 1 amide bonds. The normalized spacial score (nSPS) is 17.4. The Balaban J connectivity index is 0.000000331. The summed E-state index contributed by atoms with van der Waals surface area (Å²) in [4.78, 5) is 9.90. The molecule has 108 valence electrons. The van der Waals surface area contributed by atoms with E-state index in [0.717, 1.165) is 0 Å². The molecule has 0 saturated heterocycles. The first-order valence-corrected chi connectivity index (χ1v) is 7.00. The Morgan fingerprint density at radius 2 is 1.89 bits per heavy atom. The minimum absolute atomic E-state index is 0.228. The number of carboxylic acid groups (broad SMARTS) is 1. The van der Waals surface area contributed by atoms with Crippen molar-refractivity contribution >= 4 is 16.1 Å². The first kappa shape index (κ1) is 17.1. The summed E-state index contributed by atoms with van der Waals surface area (Å²) < 4.78 is 25.6. The highest BCUT2D eigenvalue weighted by Gasteiger charge is 2.52. The topological polar surface area (TPSA) is 119 Å². The molecule has 0 unspecified atom stereocenters. The van der Waals surface area contributed by atoms with Gasteiger partial charge >= 0.3 is 6.09 Å². The Morgan fingerprint density at radius 1 is 1.44 bits per heavy atom. The maximum absolute atomic E-state index is 10.8. The average molecular weight is 282 g/mol. The minimum Gasteiger partial charge on any atom is -0.465 e. The second-order valence-corrected chi connectivity index (χ2v) is 7.30. The van der Waals surface area contributed by atoms with E-state index in [4.69, 9.17) is 15.0 Å². The largest absolute Gasteiger partial charge is 0.465 e. The third kappa shape index (κ3) is 6.18. The summed E-state index contributed by atoms with van der Waals surface area (Å²) in [6.45, 7) is 5.61. The highest BCUT2D eigenvalue weighted by atomic mass is 32.2. The molecule has 1 aliphatic carbocycles. The van der Waals surface area contributed by atoms with Crippen LogP contribution >= 0.6 is 0 Å². The molecule has 0 bridgehead atoms. The number of rotatable bonds is 3. The monoisotopic (exact) mass is 282 g/mol. The average Bonchev–Trinajstić information content (AvgIpc) is 2.80. The van der Waals surface area contributed by atoms with Crippen LogP contribution in [0.25, 0.3) is 0 Å². The van der Waals surface area contributed by atoms with Crippen LogP contribution in [-0.2, 0) is 14.8 Å². The van der Waals surface area contributed by atoms with Gasteiger partial charge in [0.1, 0.15) is 4.75 Å². The Hall–Kier alpha value is -0.860. The third-order valence-electron chi connectivity index (χ3n) is 2.30. The molecule has 1 fully saturated rings. The van der Waals surface area contributed by atoms with Gasteiger partial charge in [-0.1, -0.05) is 0 Å². The fourth-order valence-corrected chi connectivity index (χ4v) is 2.19. The minimum atomic E-state index is -3.38. The van der Waals surface area contributed by atoms with E-state index >= 15 is 0 Å². The maximum Gasteiger partial charge on any atom is 0.405 e. The molecule has 0 aliphatic heterocycles. The number of carbonyl (C=O) groups is 1. The molecule has 0 aromatic rings. The van der Waals surface area contributed by atoms with Crippen LogP contribution in [-0.4, -0.2) is 43.6 Å². The van der Waals surface area contributed by atoms with Crippen LogP contribution in [0, 0.1) is 0 Å². The van der Waals surface area contributed by atoms with Crippen LogP contribution in [0.5, 0.6) is 0 Å². The van der Waals surface area contributed by atoms with E-state index in [9.17, 15) is 13.2 Å². The Labute approximate surface area is 108 Å². The van der Waals surface area contributed by atoms with Gasteiger partial charge in [-0.3, -0.25) is 0 Å². The summed E-state index contributed by atoms with van der Waals surface area (Å²) in [5.74, 6) is 0. The standard InChI is InChI=1S/C5H11NO3S.C5H11NO2/c1-9-4-5(2-3-5)10(6,7)8;1-5(2,3)6-4(7)8/h2-4H2,1H3,(H2,6,7,8);6H,1-3H3,(H,7,8). The van der Waals surface area contributed by atoms with Gasteiger partial charge in [0.05, 0.1) is 6.61 Å². The van der Waals surface area contributed by atoms with Crippen LogP contribution in [0.3, 0.4) is 0 Å². The van der Waals surface area contributed by atoms with Crippen LogP contribution in [0.15, 0.2) is 0 Å². The van der Waals surface area contributed by atoms with Crippen LogP contribution in [0.4, 0.5) is 4.79 Å². The number of nitrogens with two attached hydrogens (primary N) is 1. The molecule has 1 aliphatic rings. The van der Waals surface area contributed by atoms with Gasteiger partial charge < -0.3 is 15.2 Å². The predicted molar refractivity (Wildman–Crippen MR) is 67.9 cm³/mol. The van der Waals surface area contributed by atoms with Crippen molar-refractivity contribution in [1.29, 1.82) is 0 Å². The van der Waals surface area contributed by atoms with Gasteiger partial charge in [0.15, 0.2) is 0 Å². The summed E-state index contributed by atoms with van der Waals surface area (Å²) in [5.41, 5.74) is -0.328. The lowest BCUT2D eigenvalue weighted by Gasteiger charge is -2.16. The molecule has 0 atom stereocenters. The second-order valence-electron chi connectivity index (χ2n) is 5.34. The van der Waals surface area contributed by atoms with Gasteiger partial charge in [-0.25, -0.2) is 18.4 Å². The summed E-state index contributed by atoms with van der Waals surface area (Å²) >= 11 is 0. The zero-order valence-electron chi connectivity index (χ0n) is 11.2. The van der Waals surface area contributed by atoms with Gasteiger partial charge in [0.2, 0.25) is 10.0 Å². The van der Waals surface area contributed by atoms with Gasteiger partial charge in [0, 0.05) is 12.6 Å². The molecule has 0 aromatic heterocycles. The molecule has 1 rings (SSSR count).